The van der Waals surface area contributed by atoms with Crippen molar-refractivity contribution in [1.29, 1.82) is 0 Å². The van der Waals surface area contributed by atoms with E-state index in [-0.39, 0.29) is 0 Å². The van der Waals surface area contributed by atoms with Crippen LogP contribution in [-0.2, 0) is 12.8 Å². The summed E-state index contributed by atoms with van der Waals surface area (Å²) in [5.41, 5.74) is 1.73. The Morgan fingerprint density at radius 1 is 0.960 bits per heavy atom. The first kappa shape index (κ1) is 14.6. The molecule has 0 saturated heterocycles. The Labute approximate surface area is 150 Å². The van der Waals surface area contributed by atoms with Crippen LogP contribution in [0.2, 0.25) is 0 Å². The minimum atomic E-state index is 0.616. The molecule has 4 aromatic heterocycles. The topological polar surface area (TPSA) is 81.8 Å². The third-order valence-electron chi connectivity index (χ3n) is 3.72. The maximum absolute atomic E-state index is 4.68. The third kappa shape index (κ3) is 2.67. The Hall–Kier alpha value is -2.78. The molecule has 0 unspecified atom stereocenters. The molecule has 122 valence electrons. The number of aryl methyl sites for hydroxylation is 2. The first-order valence-electron chi connectivity index (χ1n) is 7.69. The van der Waals surface area contributed by atoms with Crippen molar-refractivity contribution in [3.05, 3.63) is 52.9 Å². The molecule has 5 aromatic rings. The molecule has 4 heterocycles. The van der Waals surface area contributed by atoms with Crippen LogP contribution in [0, 0.1) is 0 Å². The Bertz CT molecular complexity index is 1130. The summed E-state index contributed by atoms with van der Waals surface area (Å²) in [5, 5.41) is 15.1. The van der Waals surface area contributed by atoms with Crippen molar-refractivity contribution >= 4 is 37.9 Å². The predicted octanol–water partition coefficient (Wildman–Crippen LogP) is 3.04. The average Bonchev–Trinajstić information content (AvgIpc) is 3.33. The molecule has 0 spiro atoms. The maximum Gasteiger partial charge on any atom is 0.235 e. The quantitative estimate of drug-likeness (QED) is 0.487. The Morgan fingerprint density at radius 2 is 1.88 bits per heavy atom. The van der Waals surface area contributed by atoms with E-state index < -0.39 is 0 Å². The van der Waals surface area contributed by atoms with Gasteiger partial charge in [0.25, 0.3) is 0 Å². The van der Waals surface area contributed by atoms with Crippen LogP contribution in [0.5, 0.6) is 0 Å². The molecule has 9 heteroatoms. The highest BCUT2D eigenvalue weighted by molar-refractivity contribution is 7.18. The number of fused-ring (bicyclic) bond motifs is 2. The van der Waals surface area contributed by atoms with Crippen molar-refractivity contribution in [3.8, 4) is 11.5 Å². The highest BCUT2D eigenvalue weighted by atomic mass is 32.1. The fourth-order valence-corrected chi connectivity index (χ4v) is 4.37. The molecule has 1 aromatic carbocycles. The van der Waals surface area contributed by atoms with Gasteiger partial charge in [-0.15, -0.1) is 21.5 Å². The molecule has 0 aliphatic carbocycles. The van der Waals surface area contributed by atoms with Gasteiger partial charge in [-0.1, -0.05) is 23.5 Å². The van der Waals surface area contributed by atoms with Crippen molar-refractivity contribution in [2.75, 3.05) is 0 Å². The van der Waals surface area contributed by atoms with Crippen molar-refractivity contribution in [3.63, 3.8) is 0 Å². The number of aromatic nitrogens is 7. The summed E-state index contributed by atoms with van der Waals surface area (Å²) in [7, 11) is 0. The zero-order valence-corrected chi connectivity index (χ0v) is 14.5. The molecule has 0 atom stereocenters. The van der Waals surface area contributed by atoms with Gasteiger partial charge in [-0.05, 0) is 12.1 Å². The van der Waals surface area contributed by atoms with Crippen molar-refractivity contribution < 1.29 is 0 Å². The van der Waals surface area contributed by atoms with Crippen LogP contribution in [-0.4, -0.2) is 34.8 Å². The van der Waals surface area contributed by atoms with E-state index in [2.05, 4.69) is 36.3 Å². The van der Waals surface area contributed by atoms with Gasteiger partial charge in [0.1, 0.15) is 10.7 Å². The second kappa shape index (κ2) is 5.94. The lowest BCUT2D eigenvalue weighted by Crippen LogP contribution is -1.96. The van der Waals surface area contributed by atoms with Crippen LogP contribution in [0.1, 0.15) is 10.0 Å². The summed E-state index contributed by atoms with van der Waals surface area (Å²) in [6.07, 6.45) is 6.62. The van der Waals surface area contributed by atoms with Gasteiger partial charge in [0.2, 0.25) is 10.8 Å². The van der Waals surface area contributed by atoms with Gasteiger partial charge in [-0.3, -0.25) is 4.98 Å². The van der Waals surface area contributed by atoms with Crippen LogP contribution in [0.3, 0.4) is 0 Å². The van der Waals surface area contributed by atoms with E-state index in [1.807, 2.05) is 18.2 Å². The Kier molecular flexibility index (Phi) is 3.46. The standard InChI is InChI=1S/C16H11N7S2/c1-2-4-12-10(3-1)19-13(24-12)5-6-14-22-23-15(20-21-16(23)25-14)11-9-17-7-8-18-11/h1-4,7-9H,5-6H2. The van der Waals surface area contributed by atoms with Gasteiger partial charge in [0, 0.05) is 25.2 Å². The summed E-state index contributed by atoms with van der Waals surface area (Å²) in [5.74, 6) is 0.616. The summed E-state index contributed by atoms with van der Waals surface area (Å²) in [6, 6.07) is 8.21. The fraction of sp³-hybridized carbons (Fsp3) is 0.125. The van der Waals surface area contributed by atoms with Gasteiger partial charge in [0.05, 0.1) is 21.4 Å². The number of nitrogens with zero attached hydrogens (tertiary/aromatic N) is 7. The Morgan fingerprint density at radius 3 is 2.76 bits per heavy atom. The van der Waals surface area contributed by atoms with E-state index in [0.717, 1.165) is 33.3 Å². The summed E-state index contributed by atoms with van der Waals surface area (Å²) < 4.78 is 2.96. The number of thiazole rings is 1. The zero-order valence-electron chi connectivity index (χ0n) is 12.9. The molecule has 0 bridgehead atoms. The molecule has 0 saturated carbocycles. The molecular formula is C16H11N7S2. The lowest BCUT2D eigenvalue weighted by Gasteiger charge is -1.94. The zero-order chi connectivity index (χ0) is 16.6. The van der Waals surface area contributed by atoms with Crippen molar-refractivity contribution in [2.45, 2.75) is 12.8 Å². The monoisotopic (exact) mass is 365 g/mol. The highest BCUT2D eigenvalue weighted by Crippen LogP contribution is 2.24. The van der Waals surface area contributed by atoms with E-state index in [1.165, 1.54) is 4.70 Å². The Balaban J connectivity index is 1.41. The largest absolute Gasteiger partial charge is 0.261 e. The average molecular weight is 365 g/mol. The molecule has 7 nitrogen and oxygen atoms in total. The summed E-state index contributed by atoms with van der Waals surface area (Å²) >= 11 is 3.28. The summed E-state index contributed by atoms with van der Waals surface area (Å²) in [6.45, 7) is 0. The SMILES string of the molecule is c1ccc2sc(CCc3nn4c(-c5cnccn5)nnc4s3)nc2c1. The van der Waals surface area contributed by atoms with Gasteiger partial charge < -0.3 is 0 Å². The van der Waals surface area contributed by atoms with Crippen molar-refractivity contribution in [2.24, 2.45) is 0 Å². The number of benzene rings is 1. The number of para-hydroxylation sites is 1. The molecule has 0 radical (unpaired) electrons. The number of hydrogen-bond acceptors (Lipinski definition) is 8. The third-order valence-corrected chi connectivity index (χ3v) is 5.77. The smallest absolute Gasteiger partial charge is 0.235 e. The van der Waals surface area contributed by atoms with E-state index >= 15 is 0 Å². The first-order valence-corrected chi connectivity index (χ1v) is 9.32. The number of hydrogen-bond donors (Lipinski definition) is 0. The van der Waals surface area contributed by atoms with Gasteiger partial charge in [-0.2, -0.15) is 9.61 Å². The van der Waals surface area contributed by atoms with Crippen LogP contribution in [0.25, 0.3) is 26.7 Å². The maximum atomic E-state index is 4.68. The normalized spacial score (nSPS) is 11.5. The van der Waals surface area contributed by atoms with E-state index in [1.54, 1.807) is 45.8 Å². The predicted molar refractivity (Wildman–Crippen MR) is 96.7 cm³/mol. The van der Waals surface area contributed by atoms with Gasteiger partial charge in [-0.25, -0.2) is 9.97 Å². The lowest BCUT2D eigenvalue weighted by molar-refractivity contribution is 0.859. The summed E-state index contributed by atoms with van der Waals surface area (Å²) in [4.78, 5) is 13.8. The minimum Gasteiger partial charge on any atom is -0.261 e. The fourth-order valence-electron chi connectivity index (χ4n) is 2.57. The first-order chi connectivity index (χ1) is 12.4. The highest BCUT2D eigenvalue weighted by Gasteiger charge is 2.15. The molecular weight excluding hydrogens is 354 g/mol. The molecule has 25 heavy (non-hydrogen) atoms. The molecule has 0 aliphatic heterocycles. The lowest BCUT2D eigenvalue weighted by atomic mass is 10.3. The van der Waals surface area contributed by atoms with Crippen LogP contribution in [0.4, 0.5) is 0 Å². The van der Waals surface area contributed by atoms with E-state index in [0.29, 0.717) is 11.5 Å². The van der Waals surface area contributed by atoms with Crippen LogP contribution >= 0.6 is 22.7 Å². The molecule has 0 N–H and O–H groups in total. The molecule has 0 aliphatic rings. The van der Waals surface area contributed by atoms with Crippen LogP contribution in [0.15, 0.2) is 42.9 Å². The van der Waals surface area contributed by atoms with Crippen LogP contribution < -0.4 is 0 Å². The number of rotatable bonds is 4. The van der Waals surface area contributed by atoms with Gasteiger partial charge in [0.15, 0.2) is 0 Å². The minimum absolute atomic E-state index is 0.616. The molecule has 0 fully saturated rings. The van der Waals surface area contributed by atoms with Crippen molar-refractivity contribution in [1.82, 2.24) is 34.8 Å². The second-order valence-corrected chi connectivity index (χ2v) is 7.54. The van der Waals surface area contributed by atoms with E-state index in [4.69, 9.17) is 0 Å². The molecule has 5 rings (SSSR count). The van der Waals surface area contributed by atoms with Gasteiger partial charge >= 0.3 is 0 Å². The second-order valence-electron chi connectivity index (χ2n) is 5.38. The molecule has 0 amide bonds. The van der Waals surface area contributed by atoms with E-state index in [9.17, 15) is 0 Å².